The summed E-state index contributed by atoms with van der Waals surface area (Å²) in [6.07, 6.45) is 7.21. The second-order valence-corrected chi connectivity index (χ2v) is 1.83. The van der Waals surface area contributed by atoms with Crippen LogP contribution in [0, 0.1) is 0 Å². The summed E-state index contributed by atoms with van der Waals surface area (Å²) in [6, 6.07) is 1.86. The summed E-state index contributed by atoms with van der Waals surface area (Å²) in [6.45, 7) is 0. The van der Waals surface area contributed by atoms with Gasteiger partial charge in [0.2, 0.25) is 0 Å². The van der Waals surface area contributed by atoms with Crippen LogP contribution in [0.4, 0.5) is 0 Å². The molecule has 0 aliphatic rings. The smallest absolute Gasteiger partial charge is 0.0493 e. The van der Waals surface area contributed by atoms with Crippen LogP contribution in [0.15, 0.2) is 24.5 Å². The predicted octanol–water partition coefficient (Wildman–Crippen LogP) is 1.59. The van der Waals surface area contributed by atoms with Crippen molar-refractivity contribution in [3.05, 3.63) is 24.5 Å². The normalized spacial score (nSPS) is 10.8. The molecule has 0 N–H and O–H groups in total. The van der Waals surface area contributed by atoms with Crippen molar-refractivity contribution >= 4 is 17.8 Å². The molecule has 48 valence electrons. The van der Waals surface area contributed by atoms with Crippen LogP contribution in [0.3, 0.4) is 0 Å². The van der Waals surface area contributed by atoms with Gasteiger partial charge in [-0.3, -0.25) is 0 Å². The number of allylic oxidation sites excluding steroid dienone is 1. The molecule has 0 aromatic carbocycles. The minimum atomic E-state index is 0.528. The van der Waals surface area contributed by atoms with Gasteiger partial charge in [-0.2, -0.15) is 5.10 Å². The first kappa shape index (κ1) is 6.36. The van der Waals surface area contributed by atoms with Gasteiger partial charge in [0, 0.05) is 24.5 Å². The van der Waals surface area contributed by atoms with Gasteiger partial charge in [-0.25, -0.2) is 4.68 Å². The lowest BCUT2D eigenvalue weighted by Gasteiger charge is -1.85. The van der Waals surface area contributed by atoms with Crippen LogP contribution in [0.5, 0.6) is 0 Å². The van der Waals surface area contributed by atoms with E-state index in [1.807, 2.05) is 24.5 Å². The van der Waals surface area contributed by atoms with Crippen LogP contribution < -0.4 is 0 Å². The molecular formula is C6H7ClN2. The number of halogens is 1. The van der Waals surface area contributed by atoms with Crippen molar-refractivity contribution in [2.45, 2.75) is 0 Å². The van der Waals surface area contributed by atoms with Crippen molar-refractivity contribution in [3.63, 3.8) is 0 Å². The Balaban J connectivity index is 2.57. The van der Waals surface area contributed by atoms with E-state index in [0.29, 0.717) is 5.88 Å². The molecule has 9 heavy (non-hydrogen) atoms. The summed E-state index contributed by atoms with van der Waals surface area (Å²) in [5.41, 5.74) is 0. The van der Waals surface area contributed by atoms with Gasteiger partial charge in [0.25, 0.3) is 0 Å². The lowest BCUT2D eigenvalue weighted by Crippen LogP contribution is -1.83. The van der Waals surface area contributed by atoms with E-state index in [1.54, 1.807) is 10.9 Å². The Morgan fingerprint density at radius 1 is 1.67 bits per heavy atom. The van der Waals surface area contributed by atoms with Crippen LogP contribution in [0.1, 0.15) is 0 Å². The van der Waals surface area contributed by atoms with E-state index >= 15 is 0 Å². The SMILES string of the molecule is ClC/C=C/n1cccn1. The quantitative estimate of drug-likeness (QED) is 0.574. The maximum absolute atomic E-state index is 5.39. The zero-order chi connectivity index (χ0) is 6.53. The van der Waals surface area contributed by atoms with Gasteiger partial charge in [-0.1, -0.05) is 6.08 Å². The first-order valence-corrected chi connectivity index (χ1v) is 3.18. The molecule has 1 aromatic rings. The molecule has 1 rings (SSSR count). The first-order chi connectivity index (χ1) is 4.43. The van der Waals surface area contributed by atoms with Gasteiger partial charge >= 0.3 is 0 Å². The monoisotopic (exact) mass is 142 g/mol. The highest BCUT2D eigenvalue weighted by molar-refractivity contribution is 6.19. The van der Waals surface area contributed by atoms with E-state index in [9.17, 15) is 0 Å². The fourth-order valence-electron chi connectivity index (χ4n) is 0.517. The third-order valence-electron chi connectivity index (χ3n) is 0.872. The van der Waals surface area contributed by atoms with Crippen LogP contribution in [-0.4, -0.2) is 15.7 Å². The molecule has 0 amide bonds. The third-order valence-corrected chi connectivity index (χ3v) is 1.05. The summed E-state index contributed by atoms with van der Waals surface area (Å²) in [5.74, 6) is 0.528. The zero-order valence-electron chi connectivity index (χ0n) is 4.87. The number of aromatic nitrogens is 2. The van der Waals surface area contributed by atoms with Crippen molar-refractivity contribution in [3.8, 4) is 0 Å². The van der Waals surface area contributed by atoms with E-state index in [-0.39, 0.29) is 0 Å². The molecule has 1 aromatic heterocycles. The molecule has 0 spiro atoms. The lowest BCUT2D eigenvalue weighted by molar-refractivity contribution is 0.934. The molecular weight excluding hydrogens is 136 g/mol. The van der Waals surface area contributed by atoms with Crippen molar-refractivity contribution < 1.29 is 0 Å². The number of nitrogens with zero attached hydrogens (tertiary/aromatic N) is 2. The fourth-order valence-corrected chi connectivity index (χ4v) is 0.596. The van der Waals surface area contributed by atoms with Crippen molar-refractivity contribution in [2.75, 3.05) is 5.88 Å². The van der Waals surface area contributed by atoms with E-state index < -0.39 is 0 Å². The summed E-state index contributed by atoms with van der Waals surface area (Å²) in [5, 5.41) is 3.92. The van der Waals surface area contributed by atoms with E-state index in [0.717, 1.165) is 0 Å². The second kappa shape index (κ2) is 3.30. The molecule has 2 nitrogen and oxygen atoms in total. The molecule has 0 aliphatic carbocycles. The van der Waals surface area contributed by atoms with Crippen LogP contribution in [0.2, 0.25) is 0 Å². The lowest BCUT2D eigenvalue weighted by atomic mass is 10.7. The minimum Gasteiger partial charge on any atom is -0.249 e. The van der Waals surface area contributed by atoms with Gasteiger partial charge in [-0.15, -0.1) is 11.6 Å². The first-order valence-electron chi connectivity index (χ1n) is 2.65. The summed E-state index contributed by atoms with van der Waals surface area (Å²) in [4.78, 5) is 0. The van der Waals surface area contributed by atoms with E-state index in [1.165, 1.54) is 0 Å². The summed E-state index contributed by atoms with van der Waals surface area (Å²) in [7, 11) is 0. The molecule has 0 saturated carbocycles. The number of rotatable bonds is 2. The fraction of sp³-hybridized carbons (Fsp3) is 0.167. The molecule has 0 aliphatic heterocycles. The Kier molecular flexibility index (Phi) is 2.33. The van der Waals surface area contributed by atoms with Crippen LogP contribution >= 0.6 is 11.6 Å². The van der Waals surface area contributed by atoms with E-state index in [2.05, 4.69) is 5.10 Å². The average Bonchev–Trinajstić information content (AvgIpc) is 2.34. The minimum absolute atomic E-state index is 0.528. The Labute approximate surface area is 58.7 Å². The summed E-state index contributed by atoms with van der Waals surface area (Å²) >= 11 is 5.39. The van der Waals surface area contributed by atoms with Gasteiger partial charge < -0.3 is 0 Å². The maximum atomic E-state index is 5.39. The highest BCUT2D eigenvalue weighted by Gasteiger charge is 1.77. The maximum Gasteiger partial charge on any atom is 0.0493 e. The number of alkyl halides is 1. The van der Waals surface area contributed by atoms with Crippen molar-refractivity contribution in [2.24, 2.45) is 0 Å². The molecule has 0 radical (unpaired) electrons. The Morgan fingerprint density at radius 2 is 2.56 bits per heavy atom. The highest BCUT2D eigenvalue weighted by atomic mass is 35.5. The van der Waals surface area contributed by atoms with Gasteiger partial charge in [0.05, 0.1) is 0 Å². The molecule has 1 heterocycles. The van der Waals surface area contributed by atoms with Crippen molar-refractivity contribution in [1.29, 1.82) is 0 Å². The third kappa shape index (κ3) is 1.90. The zero-order valence-corrected chi connectivity index (χ0v) is 5.62. The second-order valence-electron chi connectivity index (χ2n) is 1.53. The number of hydrogen-bond donors (Lipinski definition) is 0. The van der Waals surface area contributed by atoms with Crippen LogP contribution in [0.25, 0.3) is 6.20 Å². The molecule has 0 atom stereocenters. The Bertz CT molecular complexity index is 179. The number of hydrogen-bond acceptors (Lipinski definition) is 1. The van der Waals surface area contributed by atoms with Gasteiger partial charge in [0.15, 0.2) is 0 Å². The molecule has 0 bridgehead atoms. The van der Waals surface area contributed by atoms with Crippen molar-refractivity contribution in [1.82, 2.24) is 9.78 Å². The van der Waals surface area contributed by atoms with Gasteiger partial charge in [-0.05, 0) is 6.07 Å². The Hall–Kier alpha value is -0.760. The standard InChI is InChI=1S/C6H7ClN2/c7-3-1-5-9-6-2-4-8-9/h1-2,4-6H,3H2/b5-1+. The molecule has 0 unspecified atom stereocenters. The summed E-state index contributed by atoms with van der Waals surface area (Å²) < 4.78 is 1.70. The molecule has 3 heteroatoms. The molecule has 0 saturated heterocycles. The average molecular weight is 143 g/mol. The van der Waals surface area contributed by atoms with Gasteiger partial charge in [0.1, 0.15) is 0 Å². The van der Waals surface area contributed by atoms with Crippen LogP contribution in [-0.2, 0) is 0 Å². The largest absolute Gasteiger partial charge is 0.249 e. The highest BCUT2D eigenvalue weighted by Crippen LogP contribution is 1.86. The van der Waals surface area contributed by atoms with E-state index in [4.69, 9.17) is 11.6 Å². The topological polar surface area (TPSA) is 17.8 Å². The predicted molar refractivity (Wildman–Crippen MR) is 38.3 cm³/mol. The Morgan fingerprint density at radius 3 is 3.11 bits per heavy atom. The molecule has 0 fully saturated rings.